The fraction of sp³-hybridized carbons (Fsp3) is 0.500. The van der Waals surface area contributed by atoms with E-state index in [1.807, 2.05) is 23.1 Å². The quantitative estimate of drug-likeness (QED) is 0.857. The molecule has 0 radical (unpaired) electrons. The van der Waals surface area contributed by atoms with Crippen LogP contribution >= 0.6 is 0 Å². The molecule has 1 aliphatic rings. The van der Waals surface area contributed by atoms with Crippen molar-refractivity contribution in [3.8, 4) is 11.5 Å². The largest absolute Gasteiger partial charge is 0.493 e. The molecule has 1 aromatic carbocycles. The molecular weight excluding hydrogens is 330 g/mol. The van der Waals surface area contributed by atoms with Gasteiger partial charge in [0.1, 0.15) is 5.69 Å². The lowest BCUT2D eigenvalue weighted by Crippen LogP contribution is -2.45. The Balaban J connectivity index is 1.89. The van der Waals surface area contributed by atoms with E-state index in [4.69, 9.17) is 9.47 Å². The third-order valence-electron chi connectivity index (χ3n) is 5.26. The number of amides is 1. The van der Waals surface area contributed by atoms with Crippen LogP contribution in [0.4, 0.5) is 0 Å². The van der Waals surface area contributed by atoms with Crippen LogP contribution < -0.4 is 9.47 Å². The standard InChI is InChI=1S/C20H27N3O3/c1-14-6-4-5-7-17(14)23(20(24)16-10-11-21-22-16)13-15-8-9-18(25-2)19(12-15)26-3/h8-12,14,17H,4-7,13H2,1-3H3,(H,21,22)/t14-,17+/m0/s1. The summed E-state index contributed by atoms with van der Waals surface area (Å²) in [6.45, 7) is 2.78. The van der Waals surface area contributed by atoms with E-state index in [1.165, 1.54) is 6.42 Å². The minimum absolute atomic E-state index is 0.00367. The zero-order chi connectivity index (χ0) is 18.5. The fourth-order valence-electron chi connectivity index (χ4n) is 3.80. The molecule has 26 heavy (non-hydrogen) atoms. The van der Waals surface area contributed by atoms with Crippen molar-refractivity contribution in [1.82, 2.24) is 15.1 Å². The molecule has 0 saturated heterocycles. The molecule has 6 nitrogen and oxygen atoms in total. The van der Waals surface area contributed by atoms with E-state index in [0.29, 0.717) is 29.7 Å². The number of rotatable bonds is 6. The smallest absolute Gasteiger partial charge is 0.272 e. The number of benzene rings is 1. The number of hydrogen-bond acceptors (Lipinski definition) is 4. The molecule has 0 aliphatic heterocycles. The lowest BCUT2D eigenvalue weighted by atomic mass is 9.84. The van der Waals surface area contributed by atoms with Crippen molar-refractivity contribution in [2.45, 2.75) is 45.2 Å². The van der Waals surface area contributed by atoms with Crippen molar-refractivity contribution >= 4 is 5.91 Å². The molecule has 1 amide bonds. The maximum absolute atomic E-state index is 13.1. The summed E-state index contributed by atoms with van der Waals surface area (Å²) in [6, 6.07) is 7.78. The van der Waals surface area contributed by atoms with Crippen LogP contribution in [0.3, 0.4) is 0 Å². The van der Waals surface area contributed by atoms with Gasteiger partial charge in [-0.15, -0.1) is 0 Å². The summed E-state index contributed by atoms with van der Waals surface area (Å²) in [7, 11) is 3.24. The lowest BCUT2D eigenvalue weighted by molar-refractivity contribution is 0.0522. The van der Waals surface area contributed by atoms with Crippen LogP contribution in [-0.4, -0.2) is 41.3 Å². The number of carbonyl (C=O) groups is 1. The van der Waals surface area contributed by atoms with Crippen molar-refractivity contribution in [1.29, 1.82) is 0 Å². The molecule has 1 fully saturated rings. The molecule has 2 aromatic rings. The van der Waals surface area contributed by atoms with Gasteiger partial charge in [-0.25, -0.2) is 0 Å². The molecule has 0 unspecified atom stereocenters. The van der Waals surface area contributed by atoms with Gasteiger partial charge in [0.2, 0.25) is 0 Å². The van der Waals surface area contributed by atoms with Crippen LogP contribution in [0, 0.1) is 5.92 Å². The Morgan fingerprint density at radius 3 is 2.62 bits per heavy atom. The summed E-state index contributed by atoms with van der Waals surface area (Å²) in [4.78, 5) is 15.1. The maximum Gasteiger partial charge on any atom is 0.272 e. The predicted molar refractivity (Wildman–Crippen MR) is 99.4 cm³/mol. The second-order valence-electron chi connectivity index (χ2n) is 6.92. The van der Waals surface area contributed by atoms with E-state index < -0.39 is 0 Å². The molecule has 1 N–H and O–H groups in total. The molecule has 3 rings (SSSR count). The number of H-pyrrole nitrogens is 1. The van der Waals surface area contributed by atoms with Crippen molar-refractivity contribution < 1.29 is 14.3 Å². The van der Waals surface area contributed by atoms with Crippen LogP contribution in [0.1, 0.15) is 48.7 Å². The zero-order valence-electron chi connectivity index (χ0n) is 15.7. The van der Waals surface area contributed by atoms with Crippen molar-refractivity contribution in [3.05, 3.63) is 41.7 Å². The molecule has 0 spiro atoms. The highest BCUT2D eigenvalue weighted by Crippen LogP contribution is 2.32. The number of ether oxygens (including phenoxy) is 2. The highest BCUT2D eigenvalue weighted by atomic mass is 16.5. The molecule has 6 heteroatoms. The average molecular weight is 357 g/mol. The van der Waals surface area contributed by atoms with Gasteiger partial charge in [0, 0.05) is 18.8 Å². The molecule has 140 valence electrons. The van der Waals surface area contributed by atoms with Gasteiger partial charge in [-0.3, -0.25) is 9.89 Å². The second-order valence-corrected chi connectivity index (χ2v) is 6.92. The second kappa shape index (κ2) is 8.25. The number of nitrogens with one attached hydrogen (secondary N) is 1. The van der Waals surface area contributed by atoms with E-state index in [2.05, 4.69) is 17.1 Å². The van der Waals surface area contributed by atoms with Crippen molar-refractivity contribution in [2.75, 3.05) is 14.2 Å². The van der Waals surface area contributed by atoms with Crippen molar-refractivity contribution in [2.24, 2.45) is 5.92 Å². The number of methoxy groups -OCH3 is 2. The SMILES string of the molecule is COc1ccc(CN(C(=O)c2ccn[nH]2)[C@@H]2CCCC[C@@H]2C)cc1OC. The van der Waals surface area contributed by atoms with E-state index in [1.54, 1.807) is 26.5 Å². The van der Waals surface area contributed by atoms with Gasteiger partial charge in [0.15, 0.2) is 11.5 Å². The summed E-state index contributed by atoms with van der Waals surface area (Å²) in [5.74, 6) is 1.84. The zero-order valence-corrected chi connectivity index (χ0v) is 15.7. The van der Waals surface area contributed by atoms with E-state index in [0.717, 1.165) is 24.8 Å². The first-order chi connectivity index (χ1) is 12.6. The summed E-state index contributed by atoms with van der Waals surface area (Å²) in [5.41, 5.74) is 1.55. The van der Waals surface area contributed by atoms with Crippen molar-refractivity contribution in [3.63, 3.8) is 0 Å². The van der Waals surface area contributed by atoms with Gasteiger partial charge in [0.05, 0.1) is 14.2 Å². The van der Waals surface area contributed by atoms with Gasteiger partial charge >= 0.3 is 0 Å². The Morgan fingerprint density at radius 1 is 1.19 bits per heavy atom. The molecule has 0 bridgehead atoms. The van der Waals surface area contributed by atoms with Gasteiger partial charge in [-0.05, 0) is 42.5 Å². The number of carbonyl (C=O) groups excluding carboxylic acids is 1. The number of hydrogen-bond donors (Lipinski definition) is 1. The van der Waals surface area contributed by atoms with Crippen LogP contribution in [0.15, 0.2) is 30.5 Å². The van der Waals surface area contributed by atoms with E-state index >= 15 is 0 Å². The summed E-state index contributed by atoms with van der Waals surface area (Å²) in [6.07, 6.45) is 6.21. The molecule has 1 heterocycles. The van der Waals surface area contributed by atoms with Gasteiger partial charge in [-0.1, -0.05) is 25.8 Å². The van der Waals surface area contributed by atoms with E-state index in [9.17, 15) is 4.79 Å². The maximum atomic E-state index is 13.1. The minimum Gasteiger partial charge on any atom is -0.493 e. The average Bonchev–Trinajstić information content (AvgIpc) is 3.21. The third kappa shape index (κ3) is 3.84. The van der Waals surface area contributed by atoms with Crippen LogP contribution in [0.25, 0.3) is 0 Å². The normalized spacial score (nSPS) is 19.8. The van der Waals surface area contributed by atoms with Gasteiger partial charge in [0.25, 0.3) is 5.91 Å². The Morgan fingerprint density at radius 2 is 1.96 bits per heavy atom. The molecule has 2 atom stereocenters. The number of aromatic nitrogens is 2. The summed E-state index contributed by atoms with van der Waals surface area (Å²) < 4.78 is 10.7. The molecule has 1 aliphatic carbocycles. The lowest BCUT2D eigenvalue weighted by Gasteiger charge is -2.38. The third-order valence-corrected chi connectivity index (χ3v) is 5.26. The Bertz CT molecular complexity index is 730. The summed E-state index contributed by atoms with van der Waals surface area (Å²) in [5, 5.41) is 6.75. The van der Waals surface area contributed by atoms with Crippen LogP contribution in [-0.2, 0) is 6.54 Å². The molecular formula is C20H27N3O3. The fourth-order valence-corrected chi connectivity index (χ4v) is 3.80. The van der Waals surface area contributed by atoms with Gasteiger partial charge in [-0.2, -0.15) is 5.10 Å². The molecule has 1 aromatic heterocycles. The van der Waals surface area contributed by atoms with Crippen LogP contribution in [0.2, 0.25) is 0 Å². The highest BCUT2D eigenvalue weighted by molar-refractivity contribution is 5.92. The first kappa shape index (κ1) is 18.3. The Labute approximate surface area is 154 Å². The minimum atomic E-state index is -0.00367. The van der Waals surface area contributed by atoms with Crippen LogP contribution in [0.5, 0.6) is 11.5 Å². The van der Waals surface area contributed by atoms with Gasteiger partial charge < -0.3 is 14.4 Å². The first-order valence-electron chi connectivity index (χ1n) is 9.15. The first-order valence-corrected chi connectivity index (χ1v) is 9.15. The predicted octanol–water partition coefficient (Wildman–Crippen LogP) is 3.65. The molecule has 1 saturated carbocycles. The van der Waals surface area contributed by atoms with E-state index in [-0.39, 0.29) is 11.9 Å². The topological polar surface area (TPSA) is 67.5 Å². The Kier molecular flexibility index (Phi) is 5.81. The Hall–Kier alpha value is -2.50. The highest BCUT2D eigenvalue weighted by Gasteiger charge is 2.31. The number of nitrogens with zero attached hydrogens (tertiary/aromatic N) is 2. The number of aromatic amines is 1. The monoisotopic (exact) mass is 357 g/mol. The summed E-state index contributed by atoms with van der Waals surface area (Å²) >= 11 is 0.